The van der Waals surface area contributed by atoms with Crippen LogP contribution in [0.2, 0.25) is 0 Å². The fourth-order valence-corrected chi connectivity index (χ4v) is 4.29. The van der Waals surface area contributed by atoms with E-state index in [-0.39, 0.29) is 23.1 Å². The molecule has 1 saturated heterocycles. The molecule has 13 heteroatoms. The average Bonchev–Trinajstić information content (AvgIpc) is 3.31. The summed E-state index contributed by atoms with van der Waals surface area (Å²) in [7, 11) is -2.84. The fourth-order valence-electron chi connectivity index (χ4n) is 3.56. The Labute approximate surface area is 188 Å². The highest BCUT2D eigenvalue weighted by Gasteiger charge is 2.49. The Kier molecular flexibility index (Phi) is 5.38. The number of methoxy groups -OCH3 is 1. The molecule has 12 nitrogen and oxygen atoms in total. The topological polar surface area (TPSA) is 166 Å². The Bertz CT molecular complexity index is 1280. The Balaban J connectivity index is 1.51. The Morgan fingerprint density at radius 2 is 1.94 bits per heavy atom. The van der Waals surface area contributed by atoms with Crippen LogP contribution in [0.1, 0.15) is 12.5 Å². The number of sulfonamides is 1. The van der Waals surface area contributed by atoms with E-state index in [1.807, 2.05) is 0 Å². The van der Waals surface area contributed by atoms with Gasteiger partial charge in [0.25, 0.3) is 5.91 Å². The standard InChI is InChI=1S/C20H20N4O8S/c1-20(11-3-5-13-15(7-11)32-10-31-13)18(26)24(19(27)23-20)9-17(25)22-12-4-6-14(30-2)16(8-12)33(21,28)29/h3-8H,9-10H2,1-2H3,(H,22,25)(H,23,27)(H2,21,28,29)/t20-/m0/s1. The van der Waals surface area contributed by atoms with Crippen LogP contribution in [0.5, 0.6) is 17.2 Å². The first-order chi connectivity index (χ1) is 15.5. The maximum atomic E-state index is 13.1. The van der Waals surface area contributed by atoms with E-state index in [1.165, 1.54) is 26.2 Å². The number of fused-ring (bicyclic) bond motifs is 1. The Hall–Kier alpha value is -3.84. The van der Waals surface area contributed by atoms with Crippen molar-refractivity contribution in [1.29, 1.82) is 0 Å². The second-order valence-corrected chi connectivity index (χ2v) is 9.00. The minimum Gasteiger partial charge on any atom is -0.495 e. The maximum absolute atomic E-state index is 13.1. The number of primary sulfonamides is 1. The van der Waals surface area contributed by atoms with Crippen LogP contribution in [0.15, 0.2) is 41.3 Å². The first kappa shape index (κ1) is 22.4. The summed E-state index contributed by atoms with van der Waals surface area (Å²) < 4.78 is 39.1. The zero-order valence-electron chi connectivity index (χ0n) is 17.6. The third-order valence-electron chi connectivity index (χ3n) is 5.28. The fraction of sp³-hybridized carbons (Fsp3) is 0.250. The average molecular weight is 476 g/mol. The van der Waals surface area contributed by atoms with Crippen LogP contribution in [0.4, 0.5) is 10.5 Å². The number of nitrogens with one attached hydrogen (secondary N) is 2. The van der Waals surface area contributed by atoms with Gasteiger partial charge in [0, 0.05) is 5.69 Å². The van der Waals surface area contributed by atoms with Crippen molar-refractivity contribution < 1.29 is 37.0 Å². The number of carbonyl (C=O) groups is 3. The minimum absolute atomic E-state index is 0.00379. The number of ether oxygens (including phenoxy) is 3. The summed E-state index contributed by atoms with van der Waals surface area (Å²) in [6.07, 6.45) is 0. The summed E-state index contributed by atoms with van der Waals surface area (Å²) >= 11 is 0. The summed E-state index contributed by atoms with van der Waals surface area (Å²) in [4.78, 5) is 38.6. The number of benzene rings is 2. The van der Waals surface area contributed by atoms with Gasteiger partial charge in [0.15, 0.2) is 11.5 Å². The quantitative estimate of drug-likeness (QED) is 0.506. The van der Waals surface area contributed by atoms with E-state index >= 15 is 0 Å². The second-order valence-electron chi connectivity index (χ2n) is 7.47. The lowest BCUT2D eigenvalue weighted by atomic mass is 9.91. The zero-order valence-corrected chi connectivity index (χ0v) is 18.4. The predicted molar refractivity (Wildman–Crippen MR) is 113 cm³/mol. The molecule has 4 N–H and O–H groups in total. The van der Waals surface area contributed by atoms with Gasteiger partial charge in [-0.2, -0.15) is 0 Å². The largest absolute Gasteiger partial charge is 0.495 e. The molecule has 0 unspecified atom stereocenters. The van der Waals surface area contributed by atoms with Gasteiger partial charge >= 0.3 is 6.03 Å². The van der Waals surface area contributed by atoms with Crippen LogP contribution >= 0.6 is 0 Å². The van der Waals surface area contributed by atoms with E-state index in [2.05, 4.69) is 10.6 Å². The molecular formula is C20H20N4O8S. The number of carbonyl (C=O) groups excluding carboxylic acids is 3. The number of rotatable bonds is 6. The van der Waals surface area contributed by atoms with E-state index in [0.717, 1.165) is 11.0 Å². The maximum Gasteiger partial charge on any atom is 0.325 e. The monoisotopic (exact) mass is 476 g/mol. The molecule has 1 atom stereocenters. The molecule has 174 valence electrons. The van der Waals surface area contributed by atoms with Crippen molar-refractivity contribution in [2.24, 2.45) is 5.14 Å². The Morgan fingerprint density at radius 3 is 2.64 bits per heavy atom. The normalized spacial score (nSPS) is 19.4. The molecule has 2 aliphatic rings. The first-order valence-corrected chi connectivity index (χ1v) is 11.1. The van der Waals surface area contributed by atoms with E-state index in [0.29, 0.717) is 17.1 Å². The summed E-state index contributed by atoms with van der Waals surface area (Å²) in [5.74, 6) is -0.393. The molecule has 2 aromatic carbocycles. The van der Waals surface area contributed by atoms with Crippen LogP contribution < -0.4 is 30.0 Å². The lowest BCUT2D eigenvalue weighted by molar-refractivity contribution is -0.133. The van der Waals surface area contributed by atoms with E-state index in [4.69, 9.17) is 19.3 Å². The van der Waals surface area contributed by atoms with Gasteiger partial charge in [0.1, 0.15) is 22.7 Å². The SMILES string of the molecule is COc1ccc(NC(=O)CN2C(=O)N[C@@](C)(c3ccc4c(c3)OCO4)C2=O)cc1S(N)(=O)=O. The van der Waals surface area contributed by atoms with Crippen molar-refractivity contribution in [2.75, 3.05) is 25.8 Å². The number of imide groups is 1. The van der Waals surface area contributed by atoms with Crippen molar-refractivity contribution in [1.82, 2.24) is 10.2 Å². The van der Waals surface area contributed by atoms with Crippen molar-refractivity contribution in [3.8, 4) is 17.2 Å². The molecule has 0 saturated carbocycles. The van der Waals surface area contributed by atoms with Crippen molar-refractivity contribution in [2.45, 2.75) is 17.4 Å². The van der Waals surface area contributed by atoms with Gasteiger partial charge in [-0.05, 0) is 42.8 Å². The summed E-state index contributed by atoms with van der Waals surface area (Å²) in [6, 6.07) is 7.93. The van der Waals surface area contributed by atoms with Gasteiger partial charge in [-0.15, -0.1) is 0 Å². The lowest BCUT2D eigenvalue weighted by Crippen LogP contribution is -2.42. The van der Waals surface area contributed by atoms with Crippen LogP contribution in [0.25, 0.3) is 0 Å². The van der Waals surface area contributed by atoms with Crippen molar-refractivity contribution >= 4 is 33.6 Å². The molecule has 2 aromatic rings. The number of nitrogens with zero attached hydrogens (tertiary/aromatic N) is 1. The third kappa shape index (κ3) is 4.03. The van der Waals surface area contributed by atoms with E-state index in [9.17, 15) is 22.8 Å². The van der Waals surface area contributed by atoms with E-state index < -0.39 is 40.0 Å². The molecule has 2 aliphatic heterocycles. The number of anilines is 1. The van der Waals surface area contributed by atoms with Crippen LogP contribution in [-0.4, -0.2) is 51.6 Å². The lowest BCUT2D eigenvalue weighted by Gasteiger charge is -2.22. The van der Waals surface area contributed by atoms with E-state index in [1.54, 1.807) is 18.2 Å². The van der Waals surface area contributed by atoms with Crippen LogP contribution in [0.3, 0.4) is 0 Å². The van der Waals surface area contributed by atoms with Crippen molar-refractivity contribution in [3.05, 3.63) is 42.0 Å². The molecule has 0 radical (unpaired) electrons. The third-order valence-corrected chi connectivity index (χ3v) is 6.21. The van der Waals surface area contributed by atoms with Gasteiger partial charge in [-0.25, -0.2) is 18.4 Å². The predicted octanol–water partition coefficient (Wildman–Crippen LogP) is 0.477. The minimum atomic E-state index is -4.12. The van der Waals surface area contributed by atoms with Gasteiger partial charge in [0.05, 0.1) is 7.11 Å². The second kappa shape index (κ2) is 7.94. The van der Waals surface area contributed by atoms with Crippen LogP contribution in [-0.2, 0) is 25.2 Å². The highest BCUT2D eigenvalue weighted by molar-refractivity contribution is 7.89. The molecule has 4 rings (SSSR count). The summed E-state index contributed by atoms with van der Waals surface area (Å²) in [5, 5.41) is 10.2. The zero-order chi connectivity index (χ0) is 24.0. The number of nitrogens with two attached hydrogens (primary N) is 1. The van der Waals surface area contributed by atoms with Crippen molar-refractivity contribution in [3.63, 3.8) is 0 Å². The van der Waals surface area contributed by atoms with Crippen LogP contribution in [0, 0.1) is 0 Å². The number of hydrogen-bond acceptors (Lipinski definition) is 8. The van der Waals surface area contributed by atoms with Gasteiger partial charge in [-0.3, -0.25) is 14.5 Å². The highest BCUT2D eigenvalue weighted by Crippen LogP contribution is 2.37. The number of urea groups is 1. The highest BCUT2D eigenvalue weighted by atomic mass is 32.2. The molecule has 0 spiro atoms. The molecular weight excluding hydrogens is 456 g/mol. The van der Waals surface area contributed by atoms with Gasteiger partial charge in [-0.1, -0.05) is 6.07 Å². The molecule has 0 bridgehead atoms. The van der Waals surface area contributed by atoms with Gasteiger partial charge < -0.3 is 24.8 Å². The summed E-state index contributed by atoms with van der Waals surface area (Å²) in [5.41, 5.74) is -0.865. The van der Waals surface area contributed by atoms with Gasteiger partial charge in [0.2, 0.25) is 22.7 Å². The first-order valence-electron chi connectivity index (χ1n) is 9.58. The molecule has 1 fully saturated rings. The molecule has 2 heterocycles. The molecule has 33 heavy (non-hydrogen) atoms. The Morgan fingerprint density at radius 1 is 1.21 bits per heavy atom. The number of hydrogen-bond donors (Lipinski definition) is 3. The molecule has 0 aliphatic carbocycles. The number of amides is 4. The molecule has 0 aromatic heterocycles. The smallest absolute Gasteiger partial charge is 0.325 e. The molecule has 4 amide bonds. The summed E-state index contributed by atoms with van der Waals surface area (Å²) in [6.45, 7) is 0.979.